The van der Waals surface area contributed by atoms with Crippen molar-refractivity contribution in [3.8, 4) is 20.9 Å². The molecule has 1 nitrogen and oxygen atoms in total. The summed E-state index contributed by atoms with van der Waals surface area (Å²) < 4.78 is 0. The number of thiophene rings is 1. The molecular formula is C28H26ClNS. The third kappa shape index (κ3) is 4.92. The van der Waals surface area contributed by atoms with Crippen molar-refractivity contribution in [3.05, 3.63) is 107 Å². The van der Waals surface area contributed by atoms with Crippen LogP contribution in [0.15, 0.2) is 79.4 Å². The molecule has 0 unspecified atom stereocenters. The highest BCUT2D eigenvalue weighted by Gasteiger charge is 2.11. The number of halogens is 1. The molecule has 1 aromatic heterocycles. The van der Waals surface area contributed by atoms with Crippen LogP contribution in [0.2, 0.25) is 5.02 Å². The molecule has 0 aliphatic carbocycles. The largest absolute Gasteiger partial charge is 0.384 e. The zero-order valence-corrected chi connectivity index (χ0v) is 19.5. The van der Waals surface area contributed by atoms with Crippen molar-refractivity contribution >= 4 is 34.7 Å². The Morgan fingerprint density at radius 1 is 0.903 bits per heavy atom. The van der Waals surface area contributed by atoms with Crippen molar-refractivity contribution in [1.29, 1.82) is 0 Å². The van der Waals surface area contributed by atoms with Crippen molar-refractivity contribution in [1.82, 2.24) is 0 Å². The average molecular weight is 444 g/mol. The molecule has 0 aliphatic heterocycles. The van der Waals surface area contributed by atoms with Crippen LogP contribution in [0.1, 0.15) is 22.3 Å². The summed E-state index contributed by atoms with van der Waals surface area (Å²) in [7, 11) is 0. The van der Waals surface area contributed by atoms with Crippen LogP contribution in [-0.2, 0) is 6.42 Å². The molecule has 4 rings (SSSR count). The van der Waals surface area contributed by atoms with Gasteiger partial charge in [-0.1, -0.05) is 72.8 Å². The maximum atomic E-state index is 6.70. The summed E-state index contributed by atoms with van der Waals surface area (Å²) in [5.41, 5.74) is 8.38. The first-order valence-corrected chi connectivity index (χ1v) is 11.7. The van der Waals surface area contributed by atoms with Gasteiger partial charge in [-0.25, -0.2) is 0 Å². The fourth-order valence-corrected chi connectivity index (χ4v) is 5.07. The minimum absolute atomic E-state index is 0.777. The van der Waals surface area contributed by atoms with E-state index in [4.69, 9.17) is 11.6 Å². The van der Waals surface area contributed by atoms with Gasteiger partial charge in [0.1, 0.15) is 0 Å². The Morgan fingerprint density at radius 3 is 2.45 bits per heavy atom. The molecule has 3 aromatic carbocycles. The van der Waals surface area contributed by atoms with Gasteiger partial charge in [0.15, 0.2) is 0 Å². The van der Waals surface area contributed by atoms with Crippen LogP contribution < -0.4 is 5.32 Å². The second-order valence-corrected chi connectivity index (χ2v) is 9.24. The predicted molar refractivity (Wildman–Crippen MR) is 138 cm³/mol. The summed E-state index contributed by atoms with van der Waals surface area (Å²) in [6, 6.07) is 25.6. The SMILES string of the molecule is C=Cc1cc(CCNc2cc(Cl)c(-c3ccc(-c4ccccc4)s3)cc2C)ccc1C. The molecule has 0 saturated heterocycles. The molecule has 1 heterocycles. The first kappa shape index (κ1) is 21.4. The third-order valence-electron chi connectivity index (χ3n) is 5.54. The molecule has 156 valence electrons. The number of rotatable bonds is 7. The summed E-state index contributed by atoms with van der Waals surface area (Å²) in [6.45, 7) is 9.01. The molecule has 0 atom stereocenters. The van der Waals surface area contributed by atoms with E-state index >= 15 is 0 Å². The van der Waals surface area contributed by atoms with Crippen LogP contribution in [0.25, 0.3) is 27.0 Å². The highest BCUT2D eigenvalue weighted by atomic mass is 35.5. The first-order chi connectivity index (χ1) is 15.0. The fraction of sp³-hybridized carbons (Fsp3) is 0.143. The van der Waals surface area contributed by atoms with Crippen LogP contribution in [0.5, 0.6) is 0 Å². The lowest BCUT2D eigenvalue weighted by molar-refractivity contribution is 1.01. The van der Waals surface area contributed by atoms with E-state index < -0.39 is 0 Å². The number of hydrogen-bond acceptors (Lipinski definition) is 2. The number of anilines is 1. The Kier molecular flexibility index (Phi) is 6.60. The standard InChI is InChI=1S/C28H26ClNS/c1-4-22-17-21(11-10-19(22)2)14-15-30-26-18-25(29)24(16-20(26)3)28-13-12-27(31-28)23-8-6-5-7-9-23/h4-13,16-18,30H,1,14-15H2,2-3H3. The number of hydrogen-bond donors (Lipinski definition) is 1. The molecule has 4 aromatic rings. The van der Waals surface area contributed by atoms with Gasteiger partial charge in [-0.15, -0.1) is 11.3 Å². The highest BCUT2D eigenvalue weighted by molar-refractivity contribution is 7.18. The topological polar surface area (TPSA) is 12.0 Å². The third-order valence-corrected chi connectivity index (χ3v) is 7.02. The Hall–Kier alpha value is -2.81. The van der Waals surface area contributed by atoms with Gasteiger partial charge in [-0.05, 0) is 72.4 Å². The van der Waals surface area contributed by atoms with Gasteiger partial charge in [0.05, 0.1) is 5.02 Å². The van der Waals surface area contributed by atoms with Crippen molar-refractivity contribution in [3.63, 3.8) is 0 Å². The predicted octanol–water partition coefficient (Wildman–Crippen LogP) is 8.65. The summed E-state index contributed by atoms with van der Waals surface area (Å²) in [5.74, 6) is 0. The molecule has 0 fully saturated rings. The first-order valence-electron chi connectivity index (χ1n) is 10.5. The van der Waals surface area contributed by atoms with E-state index in [0.29, 0.717) is 0 Å². The summed E-state index contributed by atoms with van der Waals surface area (Å²) in [6.07, 6.45) is 2.87. The molecule has 0 spiro atoms. The Morgan fingerprint density at radius 2 is 1.68 bits per heavy atom. The van der Waals surface area contributed by atoms with Crippen LogP contribution >= 0.6 is 22.9 Å². The minimum Gasteiger partial charge on any atom is -0.384 e. The lowest BCUT2D eigenvalue weighted by atomic mass is 10.0. The summed E-state index contributed by atoms with van der Waals surface area (Å²) in [5, 5.41) is 4.33. The van der Waals surface area contributed by atoms with Crippen molar-refractivity contribution in [2.45, 2.75) is 20.3 Å². The van der Waals surface area contributed by atoms with Crippen LogP contribution in [0.3, 0.4) is 0 Å². The van der Waals surface area contributed by atoms with Gasteiger partial charge >= 0.3 is 0 Å². The van der Waals surface area contributed by atoms with Gasteiger partial charge in [0.25, 0.3) is 0 Å². The molecule has 0 bridgehead atoms. The van der Waals surface area contributed by atoms with Crippen molar-refractivity contribution in [2.24, 2.45) is 0 Å². The van der Waals surface area contributed by atoms with Gasteiger partial charge < -0.3 is 5.32 Å². The zero-order valence-electron chi connectivity index (χ0n) is 17.9. The van der Waals surface area contributed by atoms with E-state index in [1.165, 1.54) is 37.6 Å². The number of nitrogens with one attached hydrogen (secondary N) is 1. The molecule has 3 heteroatoms. The van der Waals surface area contributed by atoms with Crippen LogP contribution in [-0.4, -0.2) is 6.54 Å². The maximum absolute atomic E-state index is 6.70. The Bertz CT molecular complexity index is 1210. The average Bonchev–Trinajstić information content (AvgIpc) is 3.27. The zero-order chi connectivity index (χ0) is 21.8. The molecule has 0 amide bonds. The molecule has 0 aliphatic rings. The number of benzene rings is 3. The van der Waals surface area contributed by atoms with E-state index in [1.807, 2.05) is 12.1 Å². The van der Waals surface area contributed by atoms with Gasteiger partial charge in [-0.3, -0.25) is 0 Å². The van der Waals surface area contributed by atoms with E-state index in [9.17, 15) is 0 Å². The summed E-state index contributed by atoms with van der Waals surface area (Å²) >= 11 is 8.47. The molecular weight excluding hydrogens is 418 g/mol. The molecule has 1 N–H and O–H groups in total. The van der Waals surface area contributed by atoms with E-state index in [-0.39, 0.29) is 0 Å². The Balaban J connectivity index is 1.48. The lowest BCUT2D eigenvalue weighted by Crippen LogP contribution is -2.06. The van der Waals surface area contributed by atoms with Gasteiger partial charge in [0.2, 0.25) is 0 Å². The lowest BCUT2D eigenvalue weighted by Gasteiger charge is -2.13. The summed E-state index contributed by atoms with van der Waals surface area (Å²) in [4.78, 5) is 2.44. The maximum Gasteiger partial charge on any atom is 0.0513 e. The van der Waals surface area contributed by atoms with Gasteiger partial charge in [-0.2, -0.15) is 0 Å². The molecule has 31 heavy (non-hydrogen) atoms. The van der Waals surface area contributed by atoms with Crippen LogP contribution in [0, 0.1) is 13.8 Å². The van der Waals surface area contributed by atoms with Crippen LogP contribution in [0.4, 0.5) is 5.69 Å². The molecule has 0 radical (unpaired) electrons. The quantitative estimate of drug-likeness (QED) is 0.301. The second-order valence-electron chi connectivity index (χ2n) is 7.75. The van der Waals surface area contributed by atoms with Gasteiger partial charge in [0, 0.05) is 27.5 Å². The van der Waals surface area contributed by atoms with E-state index in [0.717, 1.165) is 29.2 Å². The van der Waals surface area contributed by atoms with Crippen molar-refractivity contribution in [2.75, 3.05) is 11.9 Å². The second kappa shape index (κ2) is 9.55. The Labute approximate surface area is 194 Å². The smallest absolute Gasteiger partial charge is 0.0513 e. The van der Waals surface area contributed by atoms with Crippen molar-refractivity contribution < 1.29 is 0 Å². The number of aryl methyl sites for hydroxylation is 2. The van der Waals surface area contributed by atoms with E-state index in [1.54, 1.807) is 11.3 Å². The monoisotopic (exact) mass is 443 g/mol. The normalized spacial score (nSPS) is 10.8. The minimum atomic E-state index is 0.777. The fourth-order valence-electron chi connectivity index (χ4n) is 3.71. The molecule has 0 saturated carbocycles. The highest BCUT2D eigenvalue weighted by Crippen LogP contribution is 2.39. The van der Waals surface area contributed by atoms with E-state index in [2.05, 4.69) is 92.5 Å².